The molecule has 8 heteroatoms. The summed E-state index contributed by atoms with van der Waals surface area (Å²) < 4.78 is 5.10. The molecule has 0 bridgehead atoms. The van der Waals surface area contributed by atoms with Gasteiger partial charge in [-0.1, -0.05) is 23.7 Å². The molecule has 25 heavy (non-hydrogen) atoms. The highest BCUT2D eigenvalue weighted by atomic mass is 35.5. The molecule has 2 aromatic carbocycles. The van der Waals surface area contributed by atoms with Crippen molar-refractivity contribution >= 4 is 28.9 Å². The molecule has 0 aliphatic carbocycles. The third-order valence-electron chi connectivity index (χ3n) is 3.72. The first-order valence-electron chi connectivity index (χ1n) is 7.61. The molecule has 0 saturated heterocycles. The number of nitrogens with one attached hydrogen (secondary N) is 1. The number of anilines is 1. The molecule has 0 aliphatic rings. The van der Waals surface area contributed by atoms with Crippen molar-refractivity contribution in [1.82, 2.24) is 0 Å². The molecule has 0 fully saturated rings. The predicted octanol–water partition coefficient (Wildman–Crippen LogP) is 2.52. The Morgan fingerprint density at radius 1 is 1.32 bits per heavy atom. The quantitative estimate of drug-likeness (QED) is 0.582. The maximum absolute atomic E-state index is 12.1. The highest BCUT2D eigenvalue weighted by Gasteiger charge is 2.15. The van der Waals surface area contributed by atoms with Crippen molar-refractivity contribution in [3.63, 3.8) is 0 Å². The van der Waals surface area contributed by atoms with E-state index in [-0.39, 0.29) is 29.9 Å². The van der Waals surface area contributed by atoms with Crippen LogP contribution in [0.3, 0.4) is 0 Å². The molecule has 0 heterocycles. The van der Waals surface area contributed by atoms with Crippen LogP contribution in [-0.2, 0) is 4.79 Å². The molecular weight excluding hydrogens is 346 g/mol. The summed E-state index contributed by atoms with van der Waals surface area (Å²) in [4.78, 5) is 22.4. The van der Waals surface area contributed by atoms with E-state index in [0.717, 1.165) is 5.56 Å². The van der Waals surface area contributed by atoms with Crippen molar-refractivity contribution in [3.8, 4) is 5.75 Å². The van der Waals surface area contributed by atoms with Gasteiger partial charge in [-0.3, -0.25) is 14.9 Å². The second-order valence-electron chi connectivity index (χ2n) is 5.47. The number of nitrogens with two attached hydrogens (primary N) is 1. The lowest BCUT2D eigenvalue weighted by Gasteiger charge is -2.12. The number of non-ortho nitro benzene ring substituents is 1. The number of benzene rings is 2. The highest BCUT2D eigenvalue weighted by Crippen LogP contribution is 2.28. The molecule has 0 aromatic heterocycles. The van der Waals surface area contributed by atoms with Gasteiger partial charge in [-0.25, -0.2) is 0 Å². The number of methoxy groups -OCH3 is 1. The van der Waals surface area contributed by atoms with Gasteiger partial charge in [0.05, 0.1) is 23.8 Å². The van der Waals surface area contributed by atoms with Gasteiger partial charge in [0.15, 0.2) is 6.54 Å². The Hall–Kier alpha value is -2.64. The van der Waals surface area contributed by atoms with Gasteiger partial charge in [0.25, 0.3) is 11.6 Å². The molecule has 0 saturated carbocycles. The normalized spacial score (nSPS) is 11.6. The zero-order valence-corrected chi connectivity index (χ0v) is 14.6. The van der Waals surface area contributed by atoms with Crippen LogP contribution < -0.4 is 15.4 Å². The van der Waals surface area contributed by atoms with Crippen LogP contribution in [0.1, 0.15) is 18.5 Å². The lowest BCUT2D eigenvalue weighted by molar-refractivity contribution is -0.682. The predicted molar refractivity (Wildman–Crippen MR) is 94.9 cm³/mol. The molecule has 0 unspecified atom stereocenters. The molecule has 1 amide bonds. The Kier molecular flexibility index (Phi) is 6.32. The second kappa shape index (κ2) is 8.46. The number of carbonyl (C=O) groups excluding carboxylic acids is 1. The largest absolute Gasteiger partial charge is 0.494 e. The zero-order chi connectivity index (χ0) is 18.4. The van der Waals surface area contributed by atoms with Crippen LogP contribution in [0.2, 0.25) is 5.02 Å². The Labute approximate surface area is 150 Å². The van der Waals surface area contributed by atoms with Gasteiger partial charge in [-0.15, -0.1) is 0 Å². The molecule has 2 aromatic rings. The number of amides is 1. The number of hydrogen-bond acceptors (Lipinski definition) is 4. The minimum Gasteiger partial charge on any atom is -0.494 e. The van der Waals surface area contributed by atoms with Gasteiger partial charge in [0.1, 0.15) is 11.8 Å². The zero-order valence-electron chi connectivity index (χ0n) is 13.9. The van der Waals surface area contributed by atoms with Gasteiger partial charge in [-0.2, -0.15) is 0 Å². The van der Waals surface area contributed by atoms with Crippen LogP contribution in [0, 0.1) is 10.1 Å². The first kappa shape index (κ1) is 18.7. The Balaban J connectivity index is 1.96. The average Bonchev–Trinajstić information content (AvgIpc) is 2.60. The topological polar surface area (TPSA) is 98.1 Å². The molecule has 3 N–H and O–H groups in total. The minimum atomic E-state index is -0.518. The number of halogens is 1. The average molecular weight is 365 g/mol. The van der Waals surface area contributed by atoms with Crippen molar-refractivity contribution in [2.45, 2.75) is 13.0 Å². The molecular formula is C17H19ClN3O4+. The number of nitro benzene ring substituents is 1. The van der Waals surface area contributed by atoms with Crippen LogP contribution in [0.15, 0.2) is 42.5 Å². The van der Waals surface area contributed by atoms with Gasteiger partial charge in [0, 0.05) is 16.7 Å². The molecule has 132 valence electrons. The third kappa shape index (κ3) is 5.17. The van der Waals surface area contributed by atoms with Crippen molar-refractivity contribution in [2.24, 2.45) is 0 Å². The van der Waals surface area contributed by atoms with E-state index in [1.54, 1.807) is 0 Å². The first-order chi connectivity index (χ1) is 11.9. The summed E-state index contributed by atoms with van der Waals surface area (Å²) in [7, 11) is 1.39. The van der Waals surface area contributed by atoms with Crippen molar-refractivity contribution in [3.05, 3.63) is 63.2 Å². The van der Waals surface area contributed by atoms with Crippen molar-refractivity contribution < 1.29 is 19.8 Å². The number of rotatable bonds is 7. The van der Waals surface area contributed by atoms with E-state index in [1.165, 1.54) is 25.3 Å². The SMILES string of the molecule is COc1cc([N+](=O)[O-])ccc1NC(=O)C[NH2+][C@H](C)c1ccc(Cl)cc1. The summed E-state index contributed by atoms with van der Waals surface area (Å²) in [5.41, 5.74) is 1.36. The molecule has 2 rings (SSSR count). The van der Waals surface area contributed by atoms with Gasteiger partial charge >= 0.3 is 0 Å². The highest BCUT2D eigenvalue weighted by molar-refractivity contribution is 6.30. The fraction of sp³-hybridized carbons (Fsp3) is 0.235. The maximum Gasteiger partial charge on any atom is 0.279 e. The fourth-order valence-corrected chi connectivity index (χ4v) is 2.41. The summed E-state index contributed by atoms with van der Waals surface area (Å²) >= 11 is 5.87. The van der Waals surface area contributed by atoms with E-state index >= 15 is 0 Å². The summed E-state index contributed by atoms with van der Waals surface area (Å²) in [5, 5.41) is 16.0. The molecule has 0 radical (unpaired) electrons. The van der Waals surface area contributed by atoms with Gasteiger partial charge in [-0.05, 0) is 25.1 Å². The lowest BCUT2D eigenvalue weighted by Crippen LogP contribution is -2.86. The summed E-state index contributed by atoms with van der Waals surface area (Å²) in [6, 6.07) is 11.6. The van der Waals surface area contributed by atoms with E-state index in [4.69, 9.17) is 16.3 Å². The van der Waals surface area contributed by atoms with Crippen LogP contribution in [0.25, 0.3) is 0 Å². The van der Waals surface area contributed by atoms with E-state index in [0.29, 0.717) is 10.7 Å². The fourth-order valence-electron chi connectivity index (χ4n) is 2.28. The monoisotopic (exact) mass is 364 g/mol. The minimum absolute atomic E-state index is 0.0850. The number of nitrogens with zero attached hydrogens (tertiary/aromatic N) is 1. The van der Waals surface area contributed by atoms with Crippen molar-refractivity contribution in [1.29, 1.82) is 0 Å². The molecule has 1 atom stereocenters. The molecule has 7 nitrogen and oxygen atoms in total. The van der Waals surface area contributed by atoms with Crippen LogP contribution >= 0.6 is 11.6 Å². The van der Waals surface area contributed by atoms with Gasteiger partial charge < -0.3 is 15.4 Å². The number of carbonyl (C=O) groups is 1. The van der Waals surface area contributed by atoms with Gasteiger partial charge in [0.2, 0.25) is 0 Å². The van der Waals surface area contributed by atoms with Crippen LogP contribution in [0.4, 0.5) is 11.4 Å². The number of ether oxygens (including phenoxy) is 1. The van der Waals surface area contributed by atoms with Crippen molar-refractivity contribution in [2.75, 3.05) is 19.0 Å². The second-order valence-corrected chi connectivity index (χ2v) is 5.91. The first-order valence-corrected chi connectivity index (χ1v) is 7.99. The molecule has 0 spiro atoms. The Morgan fingerprint density at radius 3 is 2.60 bits per heavy atom. The Bertz CT molecular complexity index is 765. The number of nitro groups is 1. The standard InChI is InChI=1S/C17H18ClN3O4/c1-11(12-3-5-13(18)6-4-12)19-10-17(22)20-15-8-7-14(21(23)24)9-16(15)25-2/h3-9,11,19H,10H2,1-2H3,(H,20,22)/p+1/t11-/m1/s1. The number of quaternary nitrogens is 1. The van der Waals surface area contributed by atoms with E-state index in [9.17, 15) is 14.9 Å². The Morgan fingerprint density at radius 2 is 2.00 bits per heavy atom. The van der Waals surface area contributed by atoms with E-state index in [2.05, 4.69) is 5.32 Å². The van der Waals surface area contributed by atoms with Crippen LogP contribution in [-0.4, -0.2) is 24.5 Å². The van der Waals surface area contributed by atoms with Crippen LogP contribution in [0.5, 0.6) is 5.75 Å². The lowest BCUT2D eigenvalue weighted by atomic mass is 10.1. The summed E-state index contributed by atoms with van der Waals surface area (Å²) in [5.74, 6) is 0.0151. The smallest absolute Gasteiger partial charge is 0.279 e. The third-order valence-corrected chi connectivity index (χ3v) is 3.97. The molecule has 0 aliphatic heterocycles. The van der Waals surface area contributed by atoms with E-state index < -0.39 is 4.92 Å². The maximum atomic E-state index is 12.1. The van der Waals surface area contributed by atoms with E-state index in [1.807, 2.05) is 36.5 Å². The summed E-state index contributed by atoms with van der Waals surface area (Å²) in [6.45, 7) is 2.19. The summed E-state index contributed by atoms with van der Waals surface area (Å²) in [6.07, 6.45) is 0. The number of hydrogen-bond donors (Lipinski definition) is 2.